The van der Waals surface area contributed by atoms with E-state index in [1.807, 2.05) is 72.8 Å². The van der Waals surface area contributed by atoms with Crippen molar-refractivity contribution < 1.29 is 33.4 Å². The van der Waals surface area contributed by atoms with Gasteiger partial charge in [-0.1, -0.05) is 116 Å². The van der Waals surface area contributed by atoms with E-state index in [1.165, 1.54) is 12.4 Å². The first-order valence-electron chi connectivity index (χ1n) is 21.5. The molecule has 0 radical (unpaired) electrons. The summed E-state index contributed by atoms with van der Waals surface area (Å²) >= 11 is 0. The Balaban J connectivity index is 0.000000243. The number of Topliss-reactive ketones (excluding diaryl/α,β-unsaturated/α-hetero) is 2. The summed E-state index contributed by atoms with van der Waals surface area (Å²) in [5, 5.41) is 22.8. The maximum absolute atomic E-state index is 12.8. The standard InChI is InChI=1S/C26H30N4O4.C23H26N4O3/c1-3-25(32)28-22(26(33)34-4-2)15-19(16-24(31)23-17-27-30-29-23)14-18-10-12-21(13-11-18)20-8-6-5-7-9-20;1-2-30-23(29)20(24)13-17(14-22(28)21-15-25-27-26-21)12-16-8-10-19(11-9-16)18-6-4-3-5-7-18/h5-13,17,19,22H,3-4,14-16H2,1-2H3,(H,28,32)(H,27,29,30);3-11,15,17,20H,2,12-14,24H2,1H3,(H,25,26,27)/t19-,22-;17-,20-/m11/s1. The number of nitrogens with two attached hydrogens (primary N) is 1. The van der Waals surface area contributed by atoms with Crippen molar-refractivity contribution >= 4 is 29.4 Å². The van der Waals surface area contributed by atoms with E-state index in [-0.39, 0.29) is 79.6 Å². The molecular weight excluding hydrogens is 813 g/mol. The lowest BCUT2D eigenvalue weighted by Gasteiger charge is -2.23. The number of hydrogen-bond donors (Lipinski definition) is 4. The molecule has 5 N–H and O–H groups in total. The maximum Gasteiger partial charge on any atom is 0.328 e. The number of aromatic amines is 2. The first-order chi connectivity index (χ1) is 31.1. The summed E-state index contributed by atoms with van der Waals surface area (Å²) in [7, 11) is 0. The molecule has 15 heteroatoms. The van der Waals surface area contributed by atoms with Crippen molar-refractivity contribution in [3.8, 4) is 22.3 Å². The van der Waals surface area contributed by atoms with Crippen molar-refractivity contribution in [3.05, 3.63) is 144 Å². The predicted octanol–water partition coefficient (Wildman–Crippen LogP) is 6.94. The number of nitrogens with one attached hydrogen (secondary N) is 3. The predicted molar refractivity (Wildman–Crippen MR) is 242 cm³/mol. The molecular formula is C49H56N8O7. The summed E-state index contributed by atoms with van der Waals surface area (Å²) in [5.74, 6) is -1.85. The van der Waals surface area contributed by atoms with Gasteiger partial charge in [0, 0.05) is 19.3 Å². The van der Waals surface area contributed by atoms with Crippen LogP contribution in [0.4, 0.5) is 0 Å². The average molecular weight is 869 g/mol. The average Bonchev–Trinajstić information content (AvgIpc) is 4.07. The number of hydrogen-bond acceptors (Lipinski definition) is 12. The molecule has 4 atom stereocenters. The van der Waals surface area contributed by atoms with E-state index < -0.39 is 24.0 Å². The lowest BCUT2D eigenvalue weighted by Crippen LogP contribution is -2.43. The molecule has 0 saturated heterocycles. The Morgan fingerprint density at radius 1 is 0.578 bits per heavy atom. The van der Waals surface area contributed by atoms with Crippen LogP contribution in [0.2, 0.25) is 0 Å². The number of carbonyl (C=O) groups excluding carboxylic acids is 5. The van der Waals surface area contributed by atoms with E-state index in [0.29, 0.717) is 19.3 Å². The second kappa shape index (κ2) is 25.1. The van der Waals surface area contributed by atoms with E-state index in [4.69, 9.17) is 15.2 Å². The Morgan fingerprint density at radius 3 is 1.41 bits per heavy atom. The molecule has 0 spiro atoms. The number of amides is 1. The van der Waals surface area contributed by atoms with Gasteiger partial charge in [-0.05, 0) is 84.7 Å². The van der Waals surface area contributed by atoms with Crippen LogP contribution >= 0.6 is 0 Å². The van der Waals surface area contributed by atoms with Crippen molar-refractivity contribution in [1.29, 1.82) is 0 Å². The third kappa shape index (κ3) is 15.0. The summed E-state index contributed by atoms with van der Waals surface area (Å²) in [4.78, 5) is 61.9. The second-order valence-corrected chi connectivity index (χ2v) is 15.3. The highest BCUT2D eigenvalue weighted by molar-refractivity contribution is 5.94. The first-order valence-corrected chi connectivity index (χ1v) is 21.5. The number of ketones is 2. The third-order valence-electron chi connectivity index (χ3n) is 10.5. The van der Waals surface area contributed by atoms with E-state index in [0.717, 1.165) is 33.4 Å². The van der Waals surface area contributed by atoms with Gasteiger partial charge in [-0.2, -0.15) is 30.8 Å². The van der Waals surface area contributed by atoms with Crippen LogP contribution in [0.25, 0.3) is 22.3 Å². The Hall–Kier alpha value is -7.13. The number of esters is 2. The fourth-order valence-electron chi connectivity index (χ4n) is 7.27. The maximum atomic E-state index is 12.8. The third-order valence-corrected chi connectivity index (χ3v) is 10.5. The van der Waals surface area contributed by atoms with Crippen LogP contribution in [0.3, 0.4) is 0 Å². The number of ether oxygens (including phenoxy) is 2. The molecule has 4 aromatic carbocycles. The number of rotatable bonds is 22. The molecule has 0 saturated carbocycles. The molecule has 2 heterocycles. The lowest BCUT2D eigenvalue weighted by molar-refractivity contribution is -0.148. The molecule has 6 rings (SSSR count). The van der Waals surface area contributed by atoms with Gasteiger partial charge in [0.2, 0.25) is 5.91 Å². The fraction of sp³-hybridized carbons (Fsp3) is 0.327. The summed E-state index contributed by atoms with van der Waals surface area (Å²) in [6.07, 6.45) is 5.21. The van der Waals surface area contributed by atoms with Crippen LogP contribution in [0.5, 0.6) is 0 Å². The molecule has 1 amide bonds. The molecule has 2 aromatic heterocycles. The van der Waals surface area contributed by atoms with Crippen LogP contribution < -0.4 is 11.1 Å². The highest BCUT2D eigenvalue weighted by Gasteiger charge is 2.28. The van der Waals surface area contributed by atoms with Crippen LogP contribution in [0.15, 0.2) is 122 Å². The van der Waals surface area contributed by atoms with Gasteiger partial charge in [0.1, 0.15) is 23.5 Å². The van der Waals surface area contributed by atoms with Crippen LogP contribution in [0.1, 0.15) is 85.0 Å². The van der Waals surface area contributed by atoms with E-state index in [9.17, 15) is 24.0 Å². The molecule has 15 nitrogen and oxygen atoms in total. The van der Waals surface area contributed by atoms with E-state index in [1.54, 1.807) is 20.8 Å². The zero-order valence-corrected chi connectivity index (χ0v) is 36.4. The Labute approximate surface area is 372 Å². The van der Waals surface area contributed by atoms with E-state index in [2.05, 4.69) is 72.5 Å². The van der Waals surface area contributed by atoms with Gasteiger partial charge in [0.05, 0.1) is 25.6 Å². The number of benzene rings is 4. The van der Waals surface area contributed by atoms with Crippen molar-refractivity contribution in [2.75, 3.05) is 13.2 Å². The van der Waals surface area contributed by atoms with Gasteiger partial charge in [-0.15, -0.1) is 0 Å². The molecule has 0 fully saturated rings. The number of aromatic nitrogens is 6. The SMILES string of the molecule is CCOC(=O)[C@@H](C[C@H](CC(=O)c1cn[nH]n1)Cc1ccc(-c2ccccc2)cc1)NC(=O)CC.CCOC(=O)[C@H](N)C[C@H](CC(=O)c1cn[nH]n1)Cc1ccc(-c2ccccc2)cc1. The van der Waals surface area contributed by atoms with Crippen LogP contribution in [-0.4, -0.2) is 85.5 Å². The first kappa shape index (κ1) is 47.9. The molecule has 0 unspecified atom stereocenters. The minimum atomic E-state index is -0.828. The quantitative estimate of drug-likeness (QED) is 0.0402. The largest absolute Gasteiger partial charge is 0.465 e. The van der Waals surface area contributed by atoms with Crippen molar-refractivity contribution in [2.24, 2.45) is 17.6 Å². The Bertz CT molecular complexity index is 2340. The van der Waals surface area contributed by atoms with Gasteiger partial charge >= 0.3 is 11.9 Å². The minimum absolute atomic E-state index is 0.129. The van der Waals surface area contributed by atoms with Gasteiger partial charge in [0.15, 0.2) is 11.6 Å². The normalized spacial score (nSPS) is 12.7. The van der Waals surface area contributed by atoms with Gasteiger partial charge < -0.3 is 20.5 Å². The molecule has 0 bridgehead atoms. The monoisotopic (exact) mass is 868 g/mol. The summed E-state index contributed by atoms with van der Waals surface area (Å²) in [6.45, 7) is 5.66. The number of H-pyrrole nitrogens is 2. The van der Waals surface area contributed by atoms with Crippen molar-refractivity contribution in [1.82, 2.24) is 36.1 Å². The van der Waals surface area contributed by atoms with Gasteiger partial charge in [0.25, 0.3) is 0 Å². The smallest absolute Gasteiger partial charge is 0.328 e. The summed E-state index contributed by atoms with van der Waals surface area (Å²) in [5.41, 5.74) is 13.1. The topological polar surface area (TPSA) is 225 Å². The highest BCUT2D eigenvalue weighted by Crippen LogP contribution is 2.26. The van der Waals surface area contributed by atoms with Crippen LogP contribution in [-0.2, 0) is 36.7 Å². The lowest BCUT2D eigenvalue weighted by atomic mass is 9.87. The Morgan fingerprint density at radius 2 is 1.00 bits per heavy atom. The van der Waals surface area contributed by atoms with Crippen molar-refractivity contribution in [3.63, 3.8) is 0 Å². The van der Waals surface area contributed by atoms with Gasteiger partial charge in [-0.25, -0.2) is 4.79 Å². The zero-order chi connectivity index (χ0) is 45.7. The molecule has 6 aromatic rings. The molecule has 0 aliphatic rings. The van der Waals surface area contributed by atoms with Crippen molar-refractivity contribution in [2.45, 2.75) is 77.8 Å². The Kier molecular flexibility index (Phi) is 18.8. The second-order valence-electron chi connectivity index (χ2n) is 15.3. The molecule has 334 valence electrons. The summed E-state index contributed by atoms with van der Waals surface area (Å²) in [6, 6.07) is 35.0. The molecule has 64 heavy (non-hydrogen) atoms. The minimum Gasteiger partial charge on any atom is -0.465 e. The highest BCUT2D eigenvalue weighted by atomic mass is 16.5. The van der Waals surface area contributed by atoms with Gasteiger partial charge in [-0.3, -0.25) is 19.2 Å². The summed E-state index contributed by atoms with van der Waals surface area (Å²) < 4.78 is 10.2. The number of carbonyl (C=O) groups is 5. The van der Waals surface area contributed by atoms with Crippen LogP contribution in [0, 0.1) is 11.8 Å². The van der Waals surface area contributed by atoms with E-state index >= 15 is 0 Å². The number of nitrogens with zero attached hydrogens (tertiary/aromatic N) is 4. The molecule has 0 aliphatic carbocycles. The zero-order valence-electron chi connectivity index (χ0n) is 36.4. The fourth-order valence-corrected chi connectivity index (χ4v) is 7.27. The molecule has 0 aliphatic heterocycles.